The van der Waals surface area contributed by atoms with Crippen LogP contribution in [-0.2, 0) is 12.8 Å². The summed E-state index contributed by atoms with van der Waals surface area (Å²) in [6.45, 7) is 9.10. The molecule has 0 radical (unpaired) electrons. The van der Waals surface area contributed by atoms with E-state index in [2.05, 4.69) is 76.2 Å². The molecule has 2 aromatic rings. The fraction of sp³-hybridized carbons (Fsp3) is 0.368. The minimum atomic E-state index is 0.355. The predicted octanol–water partition coefficient (Wildman–Crippen LogP) is 5.17. The molecule has 0 atom stereocenters. The molecule has 0 nitrogen and oxygen atoms in total. The second-order valence-electron chi connectivity index (χ2n) is 6.66. The summed E-state index contributed by atoms with van der Waals surface area (Å²) in [5.41, 5.74) is 6.03. The van der Waals surface area contributed by atoms with Crippen molar-refractivity contribution in [3.63, 3.8) is 0 Å². The first kappa shape index (κ1) is 13.9. The van der Waals surface area contributed by atoms with Crippen LogP contribution in [0.4, 0.5) is 0 Å². The molecule has 0 aromatic heterocycles. The minimum Gasteiger partial charge on any atom is -0.0622 e. The topological polar surface area (TPSA) is 0 Å². The summed E-state index contributed by atoms with van der Waals surface area (Å²) in [5, 5.41) is 0. The van der Waals surface area contributed by atoms with Crippen molar-refractivity contribution in [3.8, 4) is 0 Å². The van der Waals surface area contributed by atoms with Crippen LogP contribution in [-0.4, -0.2) is 0 Å². The summed E-state index contributed by atoms with van der Waals surface area (Å²) in [4.78, 5) is 0. The van der Waals surface area contributed by atoms with Crippen LogP contribution in [0.3, 0.4) is 0 Å². The summed E-state index contributed by atoms with van der Waals surface area (Å²) >= 11 is 0. The maximum atomic E-state index is 2.35. The highest BCUT2D eigenvalue weighted by Gasteiger charge is 2.11. The van der Waals surface area contributed by atoms with Crippen molar-refractivity contribution in [2.75, 3.05) is 0 Å². The van der Waals surface area contributed by atoms with E-state index in [0.29, 0.717) is 5.41 Å². The Kier molecular flexibility index (Phi) is 4.09. The van der Waals surface area contributed by atoms with E-state index in [4.69, 9.17) is 0 Å². The Balaban J connectivity index is 2.16. The zero-order valence-corrected chi connectivity index (χ0v) is 12.5. The van der Waals surface area contributed by atoms with Crippen LogP contribution in [0.2, 0.25) is 0 Å². The molecule has 100 valence electrons. The highest BCUT2D eigenvalue weighted by molar-refractivity contribution is 5.35. The average molecular weight is 252 g/mol. The minimum absolute atomic E-state index is 0.355. The Bertz CT molecular complexity index is 530. The van der Waals surface area contributed by atoms with Gasteiger partial charge in [0.25, 0.3) is 0 Å². The van der Waals surface area contributed by atoms with E-state index in [-0.39, 0.29) is 0 Å². The lowest BCUT2D eigenvalue weighted by atomic mass is 9.87. The zero-order valence-electron chi connectivity index (χ0n) is 12.5. The maximum Gasteiger partial charge on any atom is -0.00231 e. The highest BCUT2D eigenvalue weighted by Crippen LogP contribution is 2.23. The number of aryl methyl sites for hydroxylation is 1. The molecule has 0 amide bonds. The maximum absolute atomic E-state index is 2.35. The SMILES string of the molecule is Cc1cc(CC(C)(C)C)ccc1Cc1ccccc1. The van der Waals surface area contributed by atoms with Crippen molar-refractivity contribution in [3.05, 3.63) is 70.8 Å². The molecule has 0 bridgehead atoms. The van der Waals surface area contributed by atoms with E-state index in [0.717, 1.165) is 12.8 Å². The van der Waals surface area contributed by atoms with Gasteiger partial charge in [0.2, 0.25) is 0 Å². The van der Waals surface area contributed by atoms with E-state index in [1.54, 1.807) is 0 Å². The van der Waals surface area contributed by atoms with E-state index >= 15 is 0 Å². The second kappa shape index (κ2) is 5.61. The summed E-state index contributed by atoms with van der Waals surface area (Å²) in [6.07, 6.45) is 2.17. The Labute approximate surface area is 117 Å². The predicted molar refractivity (Wildman–Crippen MR) is 83.6 cm³/mol. The molecule has 0 aliphatic carbocycles. The first-order valence-corrected chi connectivity index (χ1v) is 7.06. The van der Waals surface area contributed by atoms with Crippen molar-refractivity contribution < 1.29 is 0 Å². The zero-order chi connectivity index (χ0) is 13.9. The molecule has 0 heterocycles. The van der Waals surface area contributed by atoms with Gasteiger partial charge in [-0.25, -0.2) is 0 Å². The van der Waals surface area contributed by atoms with Gasteiger partial charge >= 0.3 is 0 Å². The van der Waals surface area contributed by atoms with Gasteiger partial charge in [-0.3, -0.25) is 0 Å². The second-order valence-corrected chi connectivity index (χ2v) is 6.66. The molecule has 2 rings (SSSR count). The van der Waals surface area contributed by atoms with Crippen LogP contribution in [0.1, 0.15) is 43.0 Å². The lowest BCUT2D eigenvalue weighted by Gasteiger charge is -2.19. The molecule has 0 saturated carbocycles. The molecule has 0 spiro atoms. The average Bonchev–Trinajstić information content (AvgIpc) is 2.32. The van der Waals surface area contributed by atoms with Crippen LogP contribution in [0.15, 0.2) is 48.5 Å². The third-order valence-electron chi connectivity index (χ3n) is 3.38. The number of rotatable bonds is 3. The van der Waals surface area contributed by atoms with E-state index in [1.165, 1.54) is 22.3 Å². The smallest absolute Gasteiger partial charge is 0.00231 e. The van der Waals surface area contributed by atoms with Crippen LogP contribution in [0, 0.1) is 12.3 Å². The monoisotopic (exact) mass is 252 g/mol. The van der Waals surface area contributed by atoms with Crippen molar-refractivity contribution in [2.45, 2.75) is 40.5 Å². The standard InChI is InChI=1S/C19H24/c1-15-12-17(14-19(2,3)4)10-11-18(15)13-16-8-6-5-7-9-16/h5-12H,13-14H2,1-4H3. The summed E-state index contributed by atoms with van der Waals surface area (Å²) in [5.74, 6) is 0. The lowest BCUT2D eigenvalue weighted by molar-refractivity contribution is 0.411. The Hall–Kier alpha value is -1.56. The van der Waals surface area contributed by atoms with Gasteiger partial charge in [-0.05, 0) is 47.4 Å². The normalized spacial score (nSPS) is 11.6. The van der Waals surface area contributed by atoms with Gasteiger partial charge in [-0.15, -0.1) is 0 Å². The highest BCUT2D eigenvalue weighted by atomic mass is 14.2. The largest absolute Gasteiger partial charge is 0.0622 e. The molecule has 0 N–H and O–H groups in total. The molecule has 2 aromatic carbocycles. The van der Waals surface area contributed by atoms with Crippen LogP contribution in [0.25, 0.3) is 0 Å². The molecular formula is C19H24. The van der Waals surface area contributed by atoms with Gasteiger partial charge in [0, 0.05) is 0 Å². The van der Waals surface area contributed by atoms with Gasteiger partial charge < -0.3 is 0 Å². The lowest BCUT2D eigenvalue weighted by Crippen LogP contribution is -2.09. The van der Waals surface area contributed by atoms with Crippen LogP contribution in [0.5, 0.6) is 0 Å². The van der Waals surface area contributed by atoms with Crippen molar-refractivity contribution in [1.82, 2.24) is 0 Å². The first-order valence-electron chi connectivity index (χ1n) is 7.06. The van der Waals surface area contributed by atoms with Gasteiger partial charge in [0.15, 0.2) is 0 Å². The van der Waals surface area contributed by atoms with E-state index in [1.807, 2.05) is 0 Å². The number of hydrogen-bond donors (Lipinski definition) is 0. The summed E-state index contributed by atoms with van der Waals surface area (Å²) in [7, 11) is 0. The fourth-order valence-corrected chi connectivity index (χ4v) is 2.49. The molecule has 0 unspecified atom stereocenters. The molecule has 0 saturated heterocycles. The van der Waals surface area contributed by atoms with Gasteiger partial charge in [0.05, 0.1) is 0 Å². The van der Waals surface area contributed by atoms with Crippen molar-refractivity contribution in [2.24, 2.45) is 5.41 Å². The van der Waals surface area contributed by atoms with Crippen molar-refractivity contribution >= 4 is 0 Å². The summed E-state index contributed by atoms with van der Waals surface area (Å²) < 4.78 is 0. The first-order chi connectivity index (χ1) is 8.94. The molecule has 0 fully saturated rings. The van der Waals surface area contributed by atoms with Gasteiger partial charge in [0.1, 0.15) is 0 Å². The molecule has 0 aliphatic heterocycles. The van der Waals surface area contributed by atoms with Crippen LogP contribution < -0.4 is 0 Å². The summed E-state index contributed by atoms with van der Waals surface area (Å²) in [6, 6.07) is 17.6. The number of hydrogen-bond acceptors (Lipinski definition) is 0. The molecule has 0 heteroatoms. The van der Waals surface area contributed by atoms with Gasteiger partial charge in [-0.1, -0.05) is 69.3 Å². The molecule has 19 heavy (non-hydrogen) atoms. The van der Waals surface area contributed by atoms with Crippen LogP contribution >= 0.6 is 0 Å². The molecular weight excluding hydrogens is 228 g/mol. The van der Waals surface area contributed by atoms with E-state index < -0.39 is 0 Å². The van der Waals surface area contributed by atoms with Crippen molar-refractivity contribution in [1.29, 1.82) is 0 Å². The number of benzene rings is 2. The Morgan fingerprint density at radius 1 is 0.842 bits per heavy atom. The molecule has 0 aliphatic rings. The third kappa shape index (κ3) is 4.24. The van der Waals surface area contributed by atoms with Gasteiger partial charge in [-0.2, -0.15) is 0 Å². The fourth-order valence-electron chi connectivity index (χ4n) is 2.49. The quantitative estimate of drug-likeness (QED) is 0.706. The Morgan fingerprint density at radius 2 is 1.53 bits per heavy atom. The third-order valence-corrected chi connectivity index (χ3v) is 3.38. The van der Waals surface area contributed by atoms with E-state index in [9.17, 15) is 0 Å². The Morgan fingerprint density at radius 3 is 2.11 bits per heavy atom.